The quantitative estimate of drug-likeness (QED) is 0.423. The van der Waals surface area contributed by atoms with Gasteiger partial charge in [0.25, 0.3) is 0 Å². The van der Waals surface area contributed by atoms with Crippen molar-refractivity contribution in [2.75, 3.05) is 26.7 Å². The van der Waals surface area contributed by atoms with Crippen LogP contribution < -0.4 is 15.4 Å². The van der Waals surface area contributed by atoms with E-state index in [1.165, 1.54) is 0 Å². The van der Waals surface area contributed by atoms with Crippen LogP contribution in [0.15, 0.2) is 23.3 Å². The summed E-state index contributed by atoms with van der Waals surface area (Å²) in [6.07, 6.45) is 6.24. The average molecular weight is 362 g/mol. The Morgan fingerprint density at radius 2 is 2.15 bits per heavy atom. The second-order valence-corrected chi connectivity index (χ2v) is 7.14. The van der Waals surface area contributed by atoms with Gasteiger partial charge in [-0.3, -0.25) is 4.99 Å². The first kappa shape index (κ1) is 20.5. The molecule has 6 heteroatoms. The standard InChI is InChI=1S/C20H35N5O/c1-5-6-14-26-19-17(8-7-11-22-19)15-23-20(21-4)24-18-9-12-25(13-10-18)16(2)3/h7-8,11,16,18H,5-6,9-10,12-15H2,1-4H3,(H2,21,23,24). The SMILES string of the molecule is CCCCOc1ncccc1CNC(=NC)NC1CCN(C(C)C)CC1. The third-order valence-electron chi connectivity index (χ3n) is 4.86. The Hall–Kier alpha value is -1.82. The molecule has 0 radical (unpaired) electrons. The van der Waals surface area contributed by atoms with Gasteiger partial charge in [-0.2, -0.15) is 0 Å². The van der Waals surface area contributed by atoms with Crippen molar-refractivity contribution in [3.8, 4) is 5.88 Å². The second-order valence-electron chi connectivity index (χ2n) is 7.14. The summed E-state index contributed by atoms with van der Waals surface area (Å²) in [5.41, 5.74) is 1.06. The Labute approximate surface area is 158 Å². The Morgan fingerprint density at radius 3 is 2.81 bits per heavy atom. The van der Waals surface area contributed by atoms with Crippen LogP contribution in [-0.2, 0) is 6.54 Å². The van der Waals surface area contributed by atoms with Crippen molar-refractivity contribution in [2.45, 2.75) is 65.1 Å². The Bertz CT molecular complexity index is 553. The van der Waals surface area contributed by atoms with Gasteiger partial charge in [0.2, 0.25) is 5.88 Å². The highest BCUT2D eigenvalue weighted by Gasteiger charge is 2.21. The van der Waals surface area contributed by atoms with Gasteiger partial charge in [0.1, 0.15) is 0 Å². The highest BCUT2D eigenvalue weighted by atomic mass is 16.5. The van der Waals surface area contributed by atoms with Crippen LogP contribution >= 0.6 is 0 Å². The van der Waals surface area contributed by atoms with Crippen LogP contribution in [-0.4, -0.2) is 54.7 Å². The molecule has 1 saturated heterocycles. The fraction of sp³-hybridized carbons (Fsp3) is 0.700. The Kier molecular flexibility index (Phi) is 8.68. The number of unbranched alkanes of at least 4 members (excludes halogenated alkanes) is 1. The summed E-state index contributed by atoms with van der Waals surface area (Å²) < 4.78 is 5.81. The summed E-state index contributed by atoms with van der Waals surface area (Å²) >= 11 is 0. The van der Waals surface area contributed by atoms with Gasteiger partial charge >= 0.3 is 0 Å². The smallest absolute Gasteiger partial charge is 0.218 e. The van der Waals surface area contributed by atoms with E-state index in [1.54, 1.807) is 6.20 Å². The predicted octanol–water partition coefficient (Wildman–Crippen LogP) is 2.80. The van der Waals surface area contributed by atoms with Crippen LogP contribution in [0, 0.1) is 0 Å². The number of hydrogen-bond acceptors (Lipinski definition) is 4. The molecule has 1 aliphatic heterocycles. The van der Waals surface area contributed by atoms with Crippen molar-refractivity contribution >= 4 is 5.96 Å². The van der Waals surface area contributed by atoms with Crippen LogP contribution in [0.25, 0.3) is 0 Å². The number of pyridine rings is 1. The molecule has 1 aliphatic rings. The highest BCUT2D eigenvalue weighted by molar-refractivity contribution is 5.80. The highest BCUT2D eigenvalue weighted by Crippen LogP contribution is 2.15. The molecule has 0 amide bonds. The molecular weight excluding hydrogens is 326 g/mol. The van der Waals surface area contributed by atoms with Crippen LogP contribution in [0.2, 0.25) is 0 Å². The minimum atomic E-state index is 0.477. The van der Waals surface area contributed by atoms with Crippen molar-refractivity contribution in [3.63, 3.8) is 0 Å². The topological polar surface area (TPSA) is 61.8 Å². The number of ether oxygens (including phenoxy) is 1. The van der Waals surface area contributed by atoms with Gasteiger partial charge < -0.3 is 20.3 Å². The van der Waals surface area contributed by atoms with E-state index in [0.29, 0.717) is 31.1 Å². The van der Waals surface area contributed by atoms with Crippen LogP contribution in [0.4, 0.5) is 0 Å². The maximum absolute atomic E-state index is 5.81. The molecule has 6 nitrogen and oxygen atoms in total. The molecular formula is C20H35N5O. The van der Waals surface area contributed by atoms with E-state index in [1.807, 2.05) is 13.1 Å². The second kappa shape index (κ2) is 11.0. The van der Waals surface area contributed by atoms with E-state index in [-0.39, 0.29) is 0 Å². The third kappa shape index (κ3) is 6.48. The molecule has 1 fully saturated rings. The van der Waals surface area contributed by atoms with Crippen molar-refractivity contribution in [1.29, 1.82) is 0 Å². The molecule has 0 aliphatic carbocycles. The zero-order valence-corrected chi connectivity index (χ0v) is 16.8. The van der Waals surface area contributed by atoms with Gasteiger partial charge in [-0.15, -0.1) is 0 Å². The summed E-state index contributed by atoms with van der Waals surface area (Å²) in [6, 6.07) is 5.10. The molecule has 2 heterocycles. The largest absolute Gasteiger partial charge is 0.477 e. The monoisotopic (exact) mass is 361 g/mol. The lowest BCUT2D eigenvalue weighted by molar-refractivity contribution is 0.167. The molecule has 1 aromatic heterocycles. The number of aliphatic imine (C=N–C) groups is 1. The number of guanidine groups is 1. The number of piperidine rings is 1. The zero-order valence-electron chi connectivity index (χ0n) is 16.8. The van der Waals surface area contributed by atoms with Crippen LogP contribution in [0.1, 0.15) is 52.0 Å². The molecule has 0 bridgehead atoms. The van der Waals surface area contributed by atoms with Crippen LogP contribution in [0.5, 0.6) is 5.88 Å². The summed E-state index contributed by atoms with van der Waals surface area (Å²) in [4.78, 5) is 11.3. The van der Waals surface area contributed by atoms with Crippen molar-refractivity contribution in [1.82, 2.24) is 20.5 Å². The summed E-state index contributed by atoms with van der Waals surface area (Å²) in [5, 5.41) is 6.96. The average Bonchev–Trinajstić information content (AvgIpc) is 2.66. The van der Waals surface area contributed by atoms with Gasteiger partial charge in [0.15, 0.2) is 5.96 Å². The summed E-state index contributed by atoms with van der Waals surface area (Å²) in [5.74, 6) is 1.56. The van der Waals surface area contributed by atoms with E-state index in [2.05, 4.69) is 52.3 Å². The summed E-state index contributed by atoms with van der Waals surface area (Å²) in [7, 11) is 1.82. The van der Waals surface area contributed by atoms with Crippen molar-refractivity contribution < 1.29 is 4.74 Å². The fourth-order valence-electron chi connectivity index (χ4n) is 3.13. The predicted molar refractivity (Wildman–Crippen MR) is 108 cm³/mol. The Balaban J connectivity index is 1.82. The number of aromatic nitrogens is 1. The van der Waals surface area contributed by atoms with E-state index in [0.717, 1.165) is 50.3 Å². The first-order chi connectivity index (χ1) is 12.6. The third-order valence-corrected chi connectivity index (χ3v) is 4.86. The first-order valence-electron chi connectivity index (χ1n) is 9.92. The van der Waals surface area contributed by atoms with Gasteiger partial charge in [0, 0.05) is 50.5 Å². The molecule has 0 saturated carbocycles. The number of rotatable bonds is 8. The van der Waals surface area contributed by atoms with Crippen molar-refractivity contribution in [2.24, 2.45) is 4.99 Å². The number of nitrogens with zero attached hydrogens (tertiary/aromatic N) is 3. The Morgan fingerprint density at radius 1 is 1.38 bits per heavy atom. The van der Waals surface area contributed by atoms with Gasteiger partial charge in [-0.05, 0) is 39.2 Å². The lowest BCUT2D eigenvalue weighted by atomic mass is 10.0. The molecule has 0 spiro atoms. The normalized spacial score (nSPS) is 16.7. The molecule has 2 rings (SSSR count). The van der Waals surface area contributed by atoms with E-state index in [4.69, 9.17) is 4.74 Å². The molecule has 146 valence electrons. The lowest BCUT2D eigenvalue weighted by Crippen LogP contribution is -2.49. The molecule has 2 N–H and O–H groups in total. The van der Waals surface area contributed by atoms with E-state index in [9.17, 15) is 0 Å². The minimum absolute atomic E-state index is 0.477. The molecule has 0 aromatic carbocycles. The number of nitrogens with one attached hydrogen (secondary N) is 2. The van der Waals surface area contributed by atoms with E-state index >= 15 is 0 Å². The lowest BCUT2D eigenvalue weighted by Gasteiger charge is -2.35. The van der Waals surface area contributed by atoms with Crippen molar-refractivity contribution in [3.05, 3.63) is 23.9 Å². The fourth-order valence-corrected chi connectivity index (χ4v) is 3.13. The van der Waals surface area contributed by atoms with E-state index < -0.39 is 0 Å². The van der Waals surface area contributed by atoms with Gasteiger partial charge in [-0.1, -0.05) is 19.4 Å². The van der Waals surface area contributed by atoms with Gasteiger partial charge in [-0.25, -0.2) is 4.98 Å². The molecule has 1 aromatic rings. The zero-order chi connectivity index (χ0) is 18.8. The molecule has 0 unspecified atom stereocenters. The maximum atomic E-state index is 5.81. The first-order valence-corrected chi connectivity index (χ1v) is 9.92. The van der Waals surface area contributed by atoms with Gasteiger partial charge in [0.05, 0.1) is 6.61 Å². The number of likely N-dealkylation sites (tertiary alicyclic amines) is 1. The number of hydrogen-bond donors (Lipinski definition) is 2. The molecule has 26 heavy (non-hydrogen) atoms. The maximum Gasteiger partial charge on any atom is 0.218 e. The summed E-state index contributed by atoms with van der Waals surface area (Å²) in [6.45, 7) is 10.3. The van der Waals surface area contributed by atoms with Crippen LogP contribution in [0.3, 0.4) is 0 Å². The minimum Gasteiger partial charge on any atom is -0.477 e. The molecule has 0 atom stereocenters.